The van der Waals surface area contributed by atoms with E-state index in [1.165, 1.54) is 12.1 Å². The van der Waals surface area contributed by atoms with Gasteiger partial charge in [-0.05, 0) is 12.5 Å². The van der Waals surface area contributed by atoms with E-state index in [2.05, 4.69) is 10.2 Å². The lowest BCUT2D eigenvalue weighted by Crippen LogP contribution is -1.95. The van der Waals surface area contributed by atoms with E-state index in [1.54, 1.807) is 13.0 Å². The Balaban J connectivity index is 2.62. The molecule has 0 fully saturated rings. The lowest BCUT2D eigenvalue weighted by molar-refractivity contribution is -0.384. The molecule has 18 heavy (non-hydrogen) atoms. The van der Waals surface area contributed by atoms with Gasteiger partial charge in [0, 0.05) is 6.07 Å². The third-order valence-corrected chi connectivity index (χ3v) is 2.27. The molecular weight excluding hydrogens is 242 g/mol. The first kappa shape index (κ1) is 11.7. The molecule has 0 atom stereocenters. The highest BCUT2D eigenvalue weighted by Crippen LogP contribution is 2.31. The number of nitro groups is 1. The Bertz CT molecular complexity index is 634. The Morgan fingerprint density at radius 3 is 2.72 bits per heavy atom. The molecule has 0 saturated carbocycles. The van der Waals surface area contributed by atoms with Gasteiger partial charge < -0.3 is 9.52 Å². The lowest BCUT2D eigenvalue weighted by atomic mass is 10.1. The summed E-state index contributed by atoms with van der Waals surface area (Å²) in [6, 6.07) is 4.44. The molecule has 1 aromatic carbocycles. The molecule has 0 radical (unpaired) electrons. The maximum Gasteiger partial charge on any atom is 0.393 e. The van der Waals surface area contributed by atoms with E-state index in [-0.39, 0.29) is 17.1 Å². The number of hydrogen-bond acceptors (Lipinski definition) is 6. The van der Waals surface area contributed by atoms with Gasteiger partial charge in [0.1, 0.15) is 5.56 Å². The molecule has 0 unspecified atom stereocenters. The number of carboxylic acids is 1. The number of benzene rings is 1. The molecular formula is C10H7N3O5. The van der Waals surface area contributed by atoms with E-state index in [4.69, 9.17) is 9.52 Å². The predicted molar refractivity (Wildman–Crippen MR) is 58.1 cm³/mol. The number of aromatic carboxylic acids is 1. The van der Waals surface area contributed by atoms with E-state index in [0.717, 1.165) is 0 Å². The van der Waals surface area contributed by atoms with Crippen LogP contribution in [0.25, 0.3) is 11.5 Å². The average Bonchev–Trinajstić information content (AvgIpc) is 2.77. The second-order valence-corrected chi connectivity index (χ2v) is 3.44. The van der Waals surface area contributed by atoms with Gasteiger partial charge in [-0.25, -0.2) is 4.79 Å². The lowest BCUT2D eigenvalue weighted by Gasteiger charge is -2.01. The molecule has 1 N–H and O–H groups in total. The maximum atomic E-state index is 10.9. The second-order valence-electron chi connectivity index (χ2n) is 3.44. The zero-order valence-electron chi connectivity index (χ0n) is 9.15. The number of nitrogens with zero attached hydrogens (tertiary/aromatic N) is 3. The molecule has 1 aromatic heterocycles. The van der Waals surface area contributed by atoms with Gasteiger partial charge in [0.05, 0.1) is 4.92 Å². The summed E-state index contributed by atoms with van der Waals surface area (Å²) in [5.41, 5.74) is 0.461. The van der Waals surface area contributed by atoms with Crippen LogP contribution in [0.4, 0.5) is 5.69 Å². The average molecular weight is 249 g/mol. The molecule has 92 valence electrons. The smallest absolute Gasteiger partial charge is 0.393 e. The second kappa shape index (κ2) is 4.24. The first-order chi connectivity index (χ1) is 8.50. The van der Waals surface area contributed by atoms with Crippen LogP contribution in [-0.2, 0) is 0 Å². The largest absolute Gasteiger partial charge is 0.474 e. The summed E-state index contributed by atoms with van der Waals surface area (Å²) in [7, 11) is 0. The van der Waals surface area contributed by atoms with Crippen LogP contribution in [0.15, 0.2) is 22.6 Å². The highest BCUT2D eigenvalue weighted by atomic mass is 16.6. The molecule has 2 aromatic rings. The number of rotatable bonds is 3. The van der Waals surface area contributed by atoms with Gasteiger partial charge in [-0.3, -0.25) is 10.1 Å². The van der Waals surface area contributed by atoms with Crippen LogP contribution in [0.5, 0.6) is 0 Å². The highest BCUT2D eigenvalue weighted by molar-refractivity contribution is 5.82. The summed E-state index contributed by atoms with van der Waals surface area (Å²) in [4.78, 5) is 20.9. The molecule has 0 saturated heterocycles. The summed E-state index contributed by atoms with van der Waals surface area (Å²) < 4.78 is 4.88. The number of aryl methyl sites for hydroxylation is 1. The van der Waals surface area contributed by atoms with E-state index < -0.39 is 16.8 Å². The maximum absolute atomic E-state index is 10.9. The molecule has 0 aliphatic rings. The Labute approximate surface area is 100 Å². The molecule has 2 rings (SSSR count). The molecule has 0 bridgehead atoms. The molecule has 0 spiro atoms. The fourth-order valence-electron chi connectivity index (χ4n) is 1.49. The van der Waals surface area contributed by atoms with Crippen molar-refractivity contribution >= 4 is 11.7 Å². The van der Waals surface area contributed by atoms with E-state index in [1.807, 2.05) is 0 Å². The van der Waals surface area contributed by atoms with Crippen LogP contribution in [-0.4, -0.2) is 26.2 Å². The quantitative estimate of drug-likeness (QED) is 0.648. The minimum absolute atomic E-state index is 0.127. The Morgan fingerprint density at radius 2 is 2.17 bits per heavy atom. The topological polar surface area (TPSA) is 119 Å². The summed E-state index contributed by atoms with van der Waals surface area (Å²) >= 11 is 0. The van der Waals surface area contributed by atoms with Gasteiger partial charge in [-0.1, -0.05) is 12.1 Å². The van der Waals surface area contributed by atoms with Crippen LogP contribution in [0.2, 0.25) is 0 Å². The summed E-state index contributed by atoms with van der Waals surface area (Å²) in [5, 5.41) is 26.4. The highest BCUT2D eigenvalue weighted by Gasteiger charge is 2.23. The van der Waals surface area contributed by atoms with Gasteiger partial charge in [0.2, 0.25) is 0 Å². The standard InChI is InChI=1S/C10H7N3O5/c1-5-3-2-4-6(13(16)17)7(5)8-11-12-9(18-8)10(14)15/h2-4H,1H3,(H,14,15). The van der Waals surface area contributed by atoms with Crippen molar-refractivity contribution in [2.45, 2.75) is 6.92 Å². The monoisotopic (exact) mass is 249 g/mol. The number of carbonyl (C=O) groups is 1. The van der Waals surface area contributed by atoms with Gasteiger partial charge in [0.15, 0.2) is 0 Å². The molecule has 1 heterocycles. The number of hydrogen-bond donors (Lipinski definition) is 1. The molecule has 8 nitrogen and oxygen atoms in total. The fourth-order valence-corrected chi connectivity index (χ4v) is 1.49. The fraction of sp³-hybridized carbons (Fsp3) is 0.100. The van der Waals surface area contributed by atoms with Crippen molar-refractivity contribution in [1.29, 1.82) is 0 Å². The van der Waals surface area contributed by atoms with Crippen molar-refractivity contribution in [2.75, 3.05) is 0 Å². The van der Waals surface area contributed by atoms with Crippen molar-refractivity contribution in [3.63, 3.8) is 0 Å². The van der Waals surface area contributed by atoms with Crippen molar-refractivity contribution in [2.24, 2.45) is 0 Å². The SMILES string of the molecule is Cc1cccc([N+](=O)[O-])c1-c1nnc(C(=O)O)o1. The predicted octanol–water partition coefficient (Wildman–Crippen LogP) is 1.65. The number of nitro benzene ring substituents is 1. The third kappa shape index (κ3) is 1.90. The molecule has 0 amide bonds. The zero-order chi connectivity index (χ0) is 13.3. The van der Waals surface area contributed by atoms with Crippen molar-refractivity contribution in [3.8, 4) is 11.5 Å². The van der Waals surface area contributed by atoms with Crippen molar-refractivity contribution in [1.82, 2.24) is 10.2 Å². The minimum atomic E-state index is -1.38. The van der Waals surface area contributed by atoms with Crippen LogP contribution in [0.3, 0.4) is 0 Å². The van der Waals surface area contributed by atoms with Gasteiger partial charge in [-0.15, -0.1) is 10.2 Å². The zero-order valence-corrected chi connectivity index (χ0v) is 9.15. The van der Waals surface area contributed by atoms with Gasteiger partial charge in [0.25, 0.3) is 11.6 Å². The van der Waals surface area contributed by atoms with Gasteiger partial charge in [-0.2, -0.15) is 0 Å². The number of aromatic nitrogens is 2. The normalized spacial score (nSPS) is 10.3. The molecule has 0 aliphatic heterocycles. The minimum Gasteiger partial charge on any atom is -0.474 e. The van der Waals surface area contributed by atoms with Crippen molar-refractivity contribution < 1.29 is 19.2 Å². The summed E-state index contributed by atoms with van der Waals surface area (Å²) in [5.74, 6) is -2.18. The molecule has 0 aliphatic carbocycles. The Morgan fingerprint density at radius 1 is 1.44 bits per heavy atom. The first-order valence-electron chi connectivity index (χ1n) is 4.82. The van der Waals surface area contributed by atoms with Gasteiger partial charge >= 0.3 is 11.9 Å². The van der Waals surface area contributed by atoms with Crippen LogP contribution < -0.4 is 0 Å². The van der Waals surface area contributed by atoms with E-state index >= 15 is 0 Å². The summed E-state index contributed by atoms with van der Waals surface area (Å²) in [6.07, 6.45) is 0. The van der Waals surface area contributed by atoms with E-state index in [0.29, 0.717) is 5.56 Å². The molecule has 8 heteroatoms. The van der Waals surface area contributed by atoms with Crippen LogP contribution >= 0.6 is 0 Å². The van der Waals surface area contributed by atoms with Crippen LogP contribution in [0, 0.1) is 17.0 Å². The number of carboxylic acid groups (broad SMARTS) is 1. The first-order valence-corrected chi connectivity index (χ1v) is 4.82. The third-order valence-electron chi connectivity index (χ3n) is 2.27. The Hall–Kier alpha value is -2.77. The van der Waals surface area contributed by atoms with E-state index in [9.17, 15) is 14.9 Å². The van der Waals surface area contributed by atoms with Crippen molar-refractivity contribution in [3.05, 3.63) is 39.8 Å². The summed E-state index contributed by atoms with van der Waals surface area (Å²) in [6.45, 7) is 1.63. The Kier molecular flexibility index (Phi) is 2.76. The van der Waals surface area contributed by atoms with Crippen LogP contribution in [0.1, 0.15) is 16.2 Å².